The highest BCUT2D eigenvalue weighted by molar-refractivity contribution is 7.49. The zero-order chi connectivity index (χ0) is 51.8. The van der Waals surface area contributed by atoms with Crippen LogP contribution in [0, 0.1) is 11.8 Å². The number of benzene rings is 2. The van der Waals surface area contributed by atoms with Gasteiger partial charge in [-0.3, -0.25) is 23.4 Å². The number of aliphatic hydroxyl groups excluding tert-OH is 5. The Balaban J connectivity index is 0.000000245. The first-order valence-corrected chi connectivity index (χ1v) is 22.9. The molecule has 2 aromatic carbocycles. The van der Waals surface area contributed by atoms with E-state index < -0.39 is 57.0 Å². The molecule has 0 aliphatic carbocycles. The summed E-state index contributed by atoms with van der Waals surface area (Å²) in [7, 11) is 1.60. The van der Waals surface area contributed by atoms with Crippen molar-refractivity contribution in [1.29, 1.82) is 2.86 Å². The molecule has 0 spiro atoms. The van der Waals surface area contributed by atoms with Crippen LogP contribution in [0.1, 0.15) is 77.4 Å². The number of nitrogens with one attached hydrogen (secondary N) is 2. The summed E-state index contributed by atoms with van der Waals surface area (Å²) in [6, 6.07) is 18.1. The van der Waals surface area contributed by atoms with Crippen LogP contribution in [0.2, 0.25) is 0 Å². The monoisotopic (exact) mass is 953 g/mol. The second-order valence-corrected chi connectivity index (χ2v) is 17.2. The zero-order valence-corrected chi connectivity index (χ0v) is 39.3. The Morgan fingerprint density at radius 2 is 1.19 bits per heavy atom. The van der Waals surface area contributed by atoms with E-state index in [9.17, 15) is 24.9 Å². The Labute approximate surface area is 395 Å². The second kappa shape index (κ2) is 24.5. The third-order valence-corrected chi connectivity index (χ3v) is 13.0. The molecule has 4 aromatic heterocycles. The minimum atomic E-state index is -0.986. The lowest BCUT2D eigenvalue weighted by molar-refractivity contribution is -0.0149. The van der Waals surface area contributed by atoms with Gasteiger partial charge in [0.1, 0.15) is 33.4 Å². The van der Waals surface area contributed by atoms with Crippen molar-refractivity contribution in [2.45, 2.75) is 90.4 Å². The van der Waals surface area contributed by atoms with E-state index in [0.717, 1.165) is 0 Å². The maximum atomic E-state index is 12.7. The lowest BCUT2D eigenvalue weighted by atomic mass is 10.0. The highest BCUT2D eigenvalue weighted by Crippen LogP contribution is 2.48. The van der Waals surface area contributed by atoms with Crippen molar-refractivity contribution in [3.8, 4) is 0 Å². The summed E-state index contributed by atoms with van der Waals surface area (Å²) >= 11 is 0. The Morgan fingerprint density at radius 3 is 1.61 bits per heavy atom. The Hall–Kier alpha value is -5.45. The topological polar surface area (TPSA) is 277 Å². The highest BCUT2D eigenvalue weighted by Gasteiger charge is 2.46. The number of aliphatic hydroxyl groups is 5. The molecule has 2 saturated heterocycles. The number of carbonyl (C=O) groups is 2. The molecule has 0 saturated carbocycles. The molecule has 2 fully saturated rings. The van der Waals surface area contributed by atoms with Crippen molar-refractivity contribution in [2.24, 2.45) is 11.8 Å². The number of imidazole rings is 2. The molecule has 21 nitrogen and oxygen atoms in total. The predicted molar refractivity (Wildman–Crippen MR) is 252 cm³/mol. The number of rotatable bonds is 13. The average Bonchev–Trinajstić information content (AvgIpc) is 4.15. The summed E-state index contributed by atoms with van der Waals surface area (Å²) in [6.07, 6.45) is 1.64. The van der Waals surface area contributed by atoms with E-state index in [4.69, 9.17) is 19.6 Å². The third-order valence-electron chi connectivity index (χ3n) is 10.8. The molecule has 0 bridgehead atoms. The molecular formula is C45H62N11O10P. The van der Waals surface area contributed by atoms with Crippen molar-refractivity contribution in [3.63, 3.8) is 0 Å². The molecule has 362 valence electrons. The van der Waals surface area contributed by atoms with E-state index in [1.807, 2.05) is 12.1 Å². The fourth-order valence-electron chi connectivity index (χ4n) is 7.96. The largest absolute Gasteiger partial charge is 0.400 e. The molecular weight excluding hydrogens is 886 g/mol. The van der Waals surface area contributed by atoms with Gasteiger partial charge < -0.3 is 50.2 Å². The van der Waals surface area contributed by atoms with E-state index in [-0.39, 0.29) is 62.5 Å². The lowest BCUT2D eigenvalue weighted by Gasteiger charge is -2.37. The number of amides is 2. The number of nitrogens with zero attached hydrogens (tertiary/aromatic N) is 9. The lowest BCUT2D eigenvalue weighted by Crippen LogP contribution is -2.36. The predicted octanol–water partition coefficient (Wildman–Crippen LogP) is 4.23. The fourth-order valence-corrected chi connectivity index (χ4v) is 10.0. The van der Waals surface area contributed by atoms with Gasteiger partial charge in [-0.15, -0.1) is 0 Å². The van der Waals surface area contributed by atoms with Crippen LogP contribution in [-0.2, 0) is 14.0 Å². The van der Waals surface area contributed by atoms with Crippen molar-refractivity contribution in [3.05, 3.63) is 97.1 Å². The number of hydrogen-bond acceptors (Lipinski definition) is 17. The standard InChI is InChI=1S/C25H35N6O4P.C18H19N5O4.2CH4O/c1-15(2)31(16(3)4)36(6)35-21-17(5)34-25(19(21)12-32)30-14-28-20-22(26-13-27-23(20)30)29-24(33)18-10-8-7-9-11-18;1-10-14(25)12(7-24)18(27-10)23-9-21-13-15(19-8-20-16(13)23)22-17(26)11-5-3-2-4-6-11;2*1-2/h7-11,13-17,19,21,25,32H,12H2,1-6H3,(H,26,27,29,33);2-6,8-10,12,14,18,24-25H,7H2,1H3,(H,19,20,22,26);2*2H,1H3/t17-,19-,21?,25-,36?;10-,12-,14?,18-;;/m11../s1/i5D;1D;2*2T. The summed E-state index contributed by atoms with van der Waals surface area (Å²) < 4.78 is 51.2. The van der Waals surface area contributed by atoms with Gasteiger partial charge in [0.2, 0.25) is 2.86 Å². The average molecular weight is 954 g/mol. The number of fused-ring (bicyclic) bond motifs is 2. The van der Waals surface area contributed by atoms with Crippen LogP contribution in [0.15, 0.2) is 86.0 Å². The maximum absolute atomic E-state index is 12.7. The number of aromatic nitrogens is 8. The molecule has 0 radical (unpaired) electrons. The van der Waals surface area contributed by atoms with Gasteiger partial charge in [-0.2, -0.15) is 0 Å². The Kier molecular flexibility index (Phi) is 17.1. The van der Waals surface area contributed by atoms with E-state index in [0.29, 0.717) is 33.5 Å². The maximum Gasteiger partial charge on any atom is 0.256 e. The third kappa shape index (κ3) is 11.8. The van der Waals surface area contributed by atoms with E-state index in [1.165, 1.54) is 33.2 Å². The molecule has 3 unspecified atom stereocenters. The van der Waals surface area contributed by atoms with Crippen molar-refractivity contribution in [2.75, 3.05) is 44.7 Å². The summed E-state index contributed by atoms with van der Waals surface area (Å²) in [6.45, 7) is 9.93. The molecule has 2 aliphatic rings. The molecule has 7 N–H and O–H groups in total. The van der Waals surface area contributed by atoms with Crippen molar-refractivity contribution < 1.29 is 51.9 Å². The van der Waals surface area contributed by atoms with Gasteiger partial charge in [0.15, 0.2) is 34.0 Å². The van der Waals surface area contributed by atoms with Gasteiger partial charge in [0.05, 0.1) is 62.1 Å². The van der Waals surface area contributed by atoms with Crippen molar-refractivity contribution in [1.82, 2.24) is 43.7 Å². The minimum Gasteiger partial charge on any atom is -0.400 e. The van der Waals surface area contributed by atoms with Crippen LogP contribution in [0.25, 0.3) is 22.3 Å². The Bertz CT molecular complexity index is 2570. The van der Waals surface area contributed by atoms with Crippen LogP contribution < -0.4 is 10.6 Å². The van der Waals surface area contributed by atoms with Gasteiger partial charge in [-0.1, -0.05) is 36.4 Å². The summed E-state index contributed by atoms with van der Waals surface area (Å²) in [5.74, 6) is -1.16. The number of hydrogen-bond donors (Lipinski definition) is 7. The van der Waals surface area contributed by atoms with Crippen LogP contribution in [0.3, 0.4) is 0 Å². The second-order valence-electron chi connectivity index (χ2n) is 15.6. The highest BCUT2D eigenvalue weighted by atomic mass is 31.2. The van der Waals surface area contributed by atoms with Gasteiger partial charge in [0.25, 0.3) is 11.8 Å². The molecule has 6 heterocycles. The van der Waals surface area contributed by atoms with E-state index in [1.54, 1.807) is 64.0 Å². The van der Waals surface area contributed by atoms with Gasteiger partial charge in [0, 0.05) is 40.2 Å². The Morgan fingerprint density at radius 1 is 0.761 bits per heavy atom. The summed E-state index contributed by atoms with van der Waals surface area (Å²) in [4.78, 5) is 50.8. The molecule has 8 rings (SSSR count). The first kappa shape index (κ1) is 46.7. The normalized spacial score (nSPS) is 23.5. The summed E-state index contributed by atoms with van der Waals surface area (Å²) in [5, 5.41) is 42.9. The van der Waals surface area contributed by atoms with E-state index in [2.05, 4.69) is 89.8 Å². The quantitative estimate of drug-likeness (QED) is 0.0798. The molecule has 2 amide bonds. The number of ether oxygens (including phenoxy) is 2. The zero-order valence-electron chi connectivity index (χ0n) is 42.4. The molecule has 6 aromatic rings. The van der Waals surface area contributed by atoms with Crippen LogP contribution in [0.4, 0.5) is 11.6 Å². The van der Waals surface area contributed by atoms with Crippen molar-refractivity contribution >= 4 is 54.1 Å². The van der Waals surface area contributed by atoms with E-state index >= 15 is 0 Å². The molecule has 22 heteroatoms. The van der Waals surface area contributed by atoms with Gasteiger partial charge >= 0.3 is 0 Å². The molecule has 9 atom stereocenters. The van der Waals surface area contributed by atoms with Crippen LogP contribution >= 0.6 is 8.30 Å². The van der Waals surface area contributed by atoms with Gasteiger partial charge in [-0.25, -0.2) is 29.9 Å². The van der Waals surface area contributed by atoms with Gasteiger partial charge in [-0.05, 0) is 72.4 Å². The first-order chi connectivity index (χ1) is 34.2. The molecule has 67 heavy (non-hydrogen) atoms. The molecule has 2 aliphatic heterocycles. The number of carbonyl (C=O) groups excluding carboxylic acids is 2. The van der Waals surface area contributed by atoms with Crippen LogP contribution in [-0.4, -0.2) is 155 Å². The minimum absolute atomic E-state index is 0.00973. The first-order valence-electron chi connectivity index (χ1n) is 23.5. The fraction of sp³-hybridized carbons (Fsp3) is 0.467. The summed E-state index contributed by atoms with van der Waals surface area (Å²) in [5.41, 5.74) is 2.59. The van der Waals surface area contributed by atoms with Crippen LogP contribution in [0.5, 0.6) is 0 Å². The smallest absolute Gasteiger partial charge is 0.256 e. The number of anilines is 2. The SMILES string of the molecule is [2H]C[C@H]1O[C@@H](n2cnc3c(NC(=O)c4ccccc4)ncnc32)[C@H](CO)C1O.[2H]C[C@H]1O[C@@H](n2cnc3c(NC(=O)c4ccccc4)ncnc32)[C@H](CO)C1OP(C)N(C(C)C)C(C)C.[3H]OC.[3H]OC.